The second kappa shape index (κ2) is 14.2. The zero-order chi connectivity index (χ0) is 22.6. The third kappa shape index (κ3) is 7.42. The van der Waals surface area contributed by atoms with Crippen molar-refractivity contribution in [2.24, 2.45) is 0 Å². The zero-order valence-corrected chi connectivity index (χ0v) is 22.0. The molecule has 0 aliphatic carbocycles. The first kappa shape index (κ1) is 25.4. The van der Waals surface area contributed by atoms with Crippen molar-refractivity contribution in [2.45, 2.75) is 12.6 Å². The minimum atomic E-state index is -0.512. The van der Waals surface area contributed by atoms with E-state index >= 15 is 0 Å². The van der Waals surface area contributed by atoms with Crippen LogP contribution >= 0.6 is 36.2 Å². The monoisotopic (exact) mass is 539 g/mol. The molecular weight excluding hydrogens is 516 g/mol. The Hall–Kier alpha value is -1.19. The summed E-state index contributed by atoms with van der Waals surface area (Å²) < 4.78 is 0. The van der Waals surface area contributed by atoms with Crippen LogP contribution in [0, 0.1) is 6.16 Å². The van der Waals surface area contributed by atoms with Crippen LogP contribution in [0.4, 0.5) is 0 Å². The predicted octanol–water partition coefficient (Wildman–Crippen LogP) is 7.18. The molecule has 0 fully saturated rings. The molecule has 0 saturated heterocycles. The van der Waals surface area contributed by atoms with Gasteiger partial charge in [-0.25, -0.2) is 7.92 Å². The van der Waals surface area contributed by atoms with Crippen molar-refractivity contribution < 1.29 is 12.7 Å². The summed E-state index contributed by atoms with van der Waals surface area (Å²) in [7, 11) is 8.43. The summed E-state index contributed by atoms with van der Waals surface area (Å²) in [5.41, 5.74) is 0.460. The Balaban J connectivity index is 0.000000913. The maximum absolute atomic E-state index is 4.70. The van der Waals surface area contributed by atoms with Gasteiger partial charge in [0.1, 0.15) is 0 Å². The summed E-state index contributed by atoms with van der Waals surface area (Å²) in [6.45, 7) is 2.40. The molecule has 4 aromatic rings. The second-order valence-corrected chi connectivity index (χ2v) is 13.3. The average molecular weight is 541 g/mol. The molecule has 0 bridgehead atoms. The van der Waals surface area contributed by atoms with Crippen molar-refractivity contribution in [1.29, 1.82) is 0 Å². The molecule has 0 heterocycles. The van der Waals surface area contributed by atoms with Gasteiger partial charge in [0.2, 0.25) is 0 Å². The standard InChI is InChI=1S/C27H25P2.2ClH.Ni/c1-23(29(26-18-10-4-11-19-26)27-20-12-5-13-21-27)22-28(24-14-6-2-7-15-24)25-16-8-3-9-17-25;;;/h2-23H,1H3;2*1H;/q-1;;;+3/p-2. The summed E-state index contributed by atoms with van der Waals surface area (Å²) in [5, 5.41) is 5.70. The Kier molecular flexibility index (Phi) is 11.3. The van der Waals surface area contributed by atoms with Gasteiger partial charge in [-0.3, -0.25) is 6.16 Å². The van der Waals surface area contributed by atoms with Gasteiger partial charge in [-0.2, -0.15) is 0 Å². The van der Waals surface area contributed by atoms with Crippen LogP contribution in [0.25, 0.3) is 0 Å². The molecule has 0 aliphatic rings. The van der Waals surface area contributed by atoms with Gasteiger partial charge in [0.25, 0.3) is 0 Å². The first-order valence-electron chi connectivity index (χ1n) is 10.2. The third-order valence-electron chi connectivity index (χ3n) is 4.91. The number of hydrogen-bond acceptors (Lipinski definition) is 0. The Morgan fingerprint density at radius 2 is 0.844 bits per heavy atom. The Labute approximate surface area is 209 Å². The fourth-order valence-corrected chi connectivity index (χ4v) is 8.80. The molecule has 5 heteroatoms. The van der Waals surface area contributed by atoms with E-state index in [0.717, 1.165) is 0 Å². The van der Waals surface area contributed by atoms with Crippen molar-refractivity contribution in [3.05, 3.63) is 127 Å². The van der Waals surface area contributed by atoms with E-state index in [4.69, 9.17) is 20.4 Å². The second-order valence-electron chi connectivity index (χ2n) is 7.02. The molecule has 0 spiro atoms. The summed E-state index contributed by atoms with van der Waals surface area (Å²) >= 11 is 0.569. The number of halogens is 2. The molecule has 0 radical (unpaired) electrons. The molecule has 1 atom stereocenters. The molecule has 4 aromatic carbocycles. The van der Waals surface area contributed by atoms with Gasteiger partial charge >= 0.3 is 33.0 Å². The summed E-state index contributed by atoms with van der Waals surface area (Å²) in [6.07, 6.45) is 2.62. The number of benzene rings is 4. The summed E-state index contributed by atoms with van der Waals surface area (Å²) in [5.74, 6) is 0. The molecule has 0 aromatic heterocycles. The van der Waals surface area contributed by atoms with E-state index in [1.165, 1.54) is 21.2 Å². The van der Waals surface area contributed by atoms with Crippen molar-refractivity contribution in [3.63, 3.8) is 0 Å². The van der Waals surface area contributed by atoms with Gasteiger partial charge in [0.15, 0.2) is 0 Å². The van der Waals surface area contributed by atoms with Gasteiger partial charge in [-0.05, 0) is 10.6 Å². The molecule has 0 nitrogen and oxygen atoms in total. The molecule has 0 amide bonds. The summed E-state index contributed by atoms with van der Waals surface area (Å²) in [4.78, 5) is 0. The number of rotatable bonds is 7. The van der Waals surface area contributed by atoms with Gasteiger partial charge < -0.3 is 0 Å². The fourth-order valence-electron chi connectivity index (χ4n) is 3.58. The van der Waals surface area contributed by atoms with Gasteiger partial charge in [-0.15, -0.1) is 5.66 Å². The molecule has 32 heavy (non-hydrogen) atoms. The first-order valence-corrected chi connectivity index (χ1v) is 15.7. The van der Waals surface area contributed by atoms with E-state index in [-0.39, 0.29) is 0 Å². The quantitative estimate of drug-likeness (QED) is 0.132. The maximum atomic E-state index is 4.70. The van der Waals surface area contributed by atoms with Crippen molar-refractivity contribution in [2.75, 3.05) is 0 Å². The van der Waals surface area contributed by atoms with E-state index in [0.29, 0.717) is 18.3 Å². The SMILES string of the molecule is CC([CH-]P(c1ccccc1)c1ccccc1)P(c1ccccc1)c1ccccc1.[Cl][Ni+][Cl]. The van der Waals surface area contributed by atoms with Gasteiger partial charge in [-0.1, -0.05) is 147 Å². The normalized spacial score (nSPS) is 11.8. The fraction of sp³-hybridized carbons (Fsp3) is 0.0741. The molecular formula is C27H25Cl2NiP2. The van der Waals surface area contributed by atoms with Gasteiger partial charge in [0, 0.05) is 0 Å². The number of hydrogen-bond donors (Lipinski definition) is 0. The zero-order valence-electron chi connectivity index (χ0n) is 17.7. The van der Waals surface area contributed by atoms with E-state index in [1.54, 1.807) is 0 Å². The van der Waals surface area contributed by atoms with Crippen LogP contribution < -0.4 is 21.2 Å². The minimum absolute atomic E-state index is 0.460. The summed E-state index contributed by atoms with van der Waals surface area (Å²) in [6, 6.07) is 43.9. The molecule has 0 N–H and O–H groups in total. The molecule has 167 valence electrons. The van der Waals surface area contributed by atoms with Crippen LogP contribution in [0.5, 0.6) is 0 Å². The molecule has 4 rings (SSSR count). The van der Waals surface area contributed by atoms with E-state index in [9.17, 15) is 0 Å². The van der Waals surface area contributed by atoms with Crippen LogP contribution in [0.2, 0.25) is 0 Å². The Bertz CT molecular complexity index is 939. The Morgan fingerprint density at radius 1 is 0.562 bits per heavy atom. The topological polar surface area (TPSA) is 0 Å². The van der Waals surface area contributed by atoms with Crippen molar-refractivity contribution >= 4 is 57.4 Å². The third-order valence-corrected chi connectivity index (χ3v) is 10.3. The predicted molar refractivity (Wildman–Crippen MR) is 144 cm³/mol. The van der Waals surface area contributed by atoms with Crippen LogP contribution in [-0.4, -0.2) is 5.66 Å². The molecule has 0 saturated carbocycles. The van der Waals surface area contributed by atoms with E-state index < -0.39 is 15.8 Å². The van der Waals surface area contributed by atoms with Crippen LogP contribution in [0.3, 0.4) is 0 Å². The van der Waals surface area contributed by atoms with Crippen LogP contribution in [0.15, 0.2) is 121 Å². The van der Waals surface area contributed by atoms with Crippen LogP contribution in [0.1, 0.15) is 6.92 Å². The Morgan fingerprint density at radius 3 is 1.16 bits per heavy atom. The van der Waals surface area contributed by atoms with Crippen molar-refractivity contribution in [3.8, 4) is 0 Å². The molecule has 0 aliphatic heterocycles. The van der Waals surface area contributed by atoms with Crippen LogP contribution in [-0.2, 0) is 12.7 Å². The molecule has 1 unspecified atom stereocenters. The van der Waals surface area contributed by atoms with E-state index in [2.05, 4.69) is 134 Å². The van der Waals surface area contributed by atoms with Crippen molar-refractivity contribution in [1.82, 2.24) is 0 Å². The van der Waals surface area contributed by atoms with E-state index in [1.807, 2.05) is 0 Å². The first-order chi connectivity index (χ1) is 15.7. The van der Waals surface area contributed by atoms with Gasteiger partial charge in [0.05, 0.1) is 0 Å². The average Bonchev–Trinajstić information content (AvgIpc) is 2.86.